The molecular formula is C13H29NO. The Kier molecular flexibility index (Phi) is 13.3. The van der Waals surface area contributed by atoms with Crippen molar-refractivity contribution in [1.29, 1.82) is 0 Å². The average Bonchev–Trinajstić information content (AvgIpc) is 2.18. The van der Waals surface area contributed by atoms with E-state index in [0.717, 1.165) is 18.1 Å². The molecule has 0 heterocycles. The van der Waals surface area contributed by atoms with E-state index < -0.39 is 0 Å². The quantitative estimate of drug-likeness (QED) is 0.634. The molecule has 0 saturated carbocycles. The minimum atomic E-state index is 0.750. The number of hydrogen-bond acceptors (Lipinski definition) is 2. The Hall–Kier alpha value is -0.370. The SMILES string of the molecule is CC=O.CCC(C)CC(C)CN(C)CC. The maximum absolute atomic E-state index is 8.81. The second-order valence-corrected chi connectivity index (χ2v) is 4.44. The van der Waals surface area contributed by atoms with Gasteiger partial charge < -0.3 is 9.69 Å². The average molecular weight is 215 g/mol. The molecule has 2 atom stereocenters. The van der Waals surface area contributed by atoms with Gasteiger partial charge in [0.15, 0.2) is 0 Å². The highest BCUT2D eigenvalue weighted by molar-refractivity contribution is 5.44. The number of rotatable bonds is 6. The van der Waals surface area contributed by atoms with Gasteiger partial charge in [0.2, 0.25) is 0 Å². The van der Waals surface area contributed by atoms with Crippen LogP contribution in [-0.2, 0) is 4.79 Å². The van der Waals surface area contributed by atoms with E-state index in [9.17, 15) is 0 Å². The lowest BCUT2D eigenvalue weighted by Crippen LogP contribution is -2.24. The highest BCUT2D eigenvalue weighted by Crippen LogP contribution is 2.15. The normalized spacial score (nSPS) is 14.1. The van der Waals surface area contributed by atoms with E-state index in [1.54, 1.807) is 0 Å². The van der Waals surface area contributed by atoms with E-state index in [2.05, 4.69) is 39.6 Å². The van der Waals surface area contributed by atoms with Crippen LogP contribution in [0.4, 0.5) is 0 Å². The second kappa shape index (κ2) is 11.7. The van der Waals surface area contributed by atoms with Gasteiger partial charge in [-0.2, -0.15) is 0 Å². The fraction of sp³-hybridized carbons (Fsp3) is 0.923. The number of hydrogen-bond donors (Lipinski definition) is 0. The third kappa shape index (κ3) is 13.6. The summed E-state index contributed by atoms with van der Waals surface area (Å²) in [7, 11) is 2.20. The molecule has 0 N–H and O–H groups in total. The zero-order chi connectivity index (χ0) is 12.3. The van der Waals surface area contributed by atoms with Crippen molar-refractivity contribution in [1.82, 2.24) is 4.90 Å². The van der Waals surface area contributed by atoms with Crippen LogP contribution in [0.1, 0.15) is 47.5 Å². The molecule has 92 valence electrons. The van der Waals surface area contributed by atoms with Crippen LogP contribution in [0.15, 0.2) is 0 Å². The Morgan fingerprint density at radius 1 is 1.20 bits per heavy atom. The lowest BCUT2D eigenvalue weighted by atomic mass is 9.95. The van der Waals surface area contributed by atoms with E-state index in [0.29, 0.717) is 0 Å². The topological polar surface area (TPSA) is 20.3 Å². The van der Waals surface area contributed by atoms with Crippen molar-refractivity contribution in [3.8, 4) is 0 Å². The predicted octanol–water partition coefficient (Wildman–Crippen LogP) is 3.22. The van der Waals surface area contributed by atoms with E-state index in [1.165, 1.54) is 32.9 Å². The minimum absolute atomic E-state index is 0.750. The number of carbonyl (C=O) groups is 1. The molecule has 0 fully saturated rings. The molecule has 0 aromatic heterocycles. The zero-order valence-electron chi connectivity index (χ0n) is 11.4. The minimum Gasteiger partial charge on any atom is -0.306 e. The Morgan fingerprint density at radius 3 is 2.00 bits per heavy atom. The van der Waals surface area contributed by atoms with Crippen molar-refractivity contribution in [2.75, 3.05) is 20.1 Å². The Bertz CT molecular complexity index is 124. The van der Waals surface area contributed by atoms with Gasteiger partial charge in [0.1, 0.15) is 6.29 Å². The van der Waals surface area contributed by atoms with Gasteiger partial charge in [-0.15, -0.1) is 0 Å². The van der Waals surface area contributed by atoms with Crippen LogP contribution >= 0.6 is 0 Å². The molecule has 0 aliphatic carbocycles. The molecule has 0 aliphatic rings. The first-order chi connectivity index (χ1) is 7.01. The van der Waals surface area contributed by atoms with Crippen molar-refractivity contribution in [3.05, 3.63) is 0 Å². The third-order valence-corrected chi connectivity index (χ3v) is 2.66. The standard InChI is InChI=1S/C11H25N.C2H4O/c1-6-10(3)8-11(4)9-12(5)7-2;1-2-3/h10-11H,6-9H2,1-5H3;2H,1H3. The van der Waals surface area contributed by atoms with E-state index in [4.69, 9.17) is 4.79 Å². The molecule has 0 amide bonds. The van der Waals surface area contributed by atoms with Crippen LogP contribution in [-0.4, -0.2) is 31.3 Å². The highest BCUT2D eigenvalue weighted by atomic mass is 16.1. The summed E-state index contributed by atoms with van der Waals surface area (Å²) < 4.78 is 0. The molecule has 0 radical (unpaired) electrons. The molecule has 0 rings (SSSR count). The molecular weight excluding hydrogens is 186 g/mol. The predicted molar refractivity (Wildman–Crippen MR) is 68.1 cm³/mol. The van der Waals surface area contributed by atoms with Crippen LogP contribution in [0.5, 0.6) is 0 Å². The molecule has 2 unspecified atom stereocenters. The smallest absolute Gasteiger partial charge is 0.116 e. The Morgan fingerprint density at radius 2 is 1.67 bits per heavy atom. The first kappa shape index (κ1) is 17.0. The van der Waals surface area contributed by atoms with Crippen LogP contribution in [0, 0.1) is 11.8 Å². The Balaban J connectivity index is 0. The molecule has 2 heteroatoms. The second-order valence-electron chi connectivity index (χ2n) is 4.44. The van der Waals surface area contributed by atoms with Gasteiger partial charge in [-0.1, -0.05) is 34.1 Å². The van der Waals surface area contributed by atoms with E-state index in [-0.39, 0.29) is 0 Å². The summed E-state index contributed by atoms with van der Waals surface area (Å²) in [5.74, 6) is 1.75. The summed E-state index contributed by atoms with van der Waals surface area (Å²) >= 11 is 0. The molecule has 0 aliphatic heterocycles. The van der Waals surface area contributed by atoms with Gasteiger partial charge in [0.05, 0.1) is 0 Å². The maximum Gasteiger partial charge on any atom is 0.116 e. The fourth-order valence-corrected chi connectivity index (χ4v) is 1.59. The van der Waals surface area contributed by atoms with Crippen molar-refractivity contribution in [2.24, 2.45) is 11.8 Å². The largest absolute Gasteiger partial charge is 0.306 e. The van der Waals surface area contributed by atoms with E-state index >= 15 is 0 Å². The first-order valence-electron chi connectivity index (χ1n) is 6.09. The van der Waals surface area contributed by atoms with Gasteiger partial charge in [-0.05, 0) is 38.8 Å². The summed E-state index contributed by atoms with van der Waals surface area (Å²) in [6, 6.07) is 0. The number of nitrogens with zero attached hydrogens (tertiary/aromatic N) is 1. The molecule has 0 aromatic rings. The lowest BCUT2D eigenvalue weighted by molar-refractivity contribution is -0.106. The van der Waals surface area contributed by atoms with Gasteiger partial charge in [0, 0.05) is 6.54 Å². The molecule has 0 bridgehead atoms. The molecule has 0 aromatic carbocycles. The summed E-state index contributed by atoms with van der Waals surface area (Å²) in [6.45, 7) is 13.1. The van der Waals surface area contributed by atoms with Crippen molar-refractivity contribution < 1.29 is 4.79 Å². The first-order valence-corrected chi connectivity index (χ1v) is 6.09. The summed E-state index contributed by atoms with van der Waals surface area (Å²) in [5, 5.41) is 0. The zero-order valence-corrected chi connectivity index (χ0v) is 11.4. The van der Waals surface area contributed by atoms with Crippen LogP contribution in [0.2, 0.25) is 0 Å². The van der Waals surface area contributed by atoms with Crippen molar-refractivity contribution in [3.63, 3.8) is 0 Å². The van der Waals surface area contributed by atoms with Gasteiger partial charge in [-0.3, -0.25) is 0 Å². The fourth-order valence-electron chi connectivity index (χ4n) is 1.59. The van der Waals surface area contributed by atoms with E-state index in [1.807, 2.05) is 0 Å². The molecule has 0 saturated heterocycles. The van der Waals surface area contributed by atoms with Gasteiger partial charge in [-0.25, -0.2) is 0 Å². The van der Waals surface area contributed by atoms with Crippen molar-refractivity contribution in [2.45, 2.75) is 47.5 Å². The Labute approximate surface area is 96.0 Å². The monoisotopic (exact) mass is 215 g/mol. The van der Waals surface area contributed by atoms with Crippen LogP contribution < -0.4 is 0 Å². The highest BCUT2D eigenvalue weighted by Gasteiger charge is 2.08. The van der Waals surface area contributed by atoms with Crippen LogP contribution in [0.3, 0.4) is 0 Å². The van der Waals surface area contributed by atoms with Gasteiger partial charge in [0.25, 0.3) is 0 Å². The number of aldehydes is 1. The third-order valence-electron chi connectivity index (χ3n) is 2.66. The summed E-state index contributed by atoms with van der Waals surface area (Å²) in [6.07, 6.45) is 3.45. The van der Waals surface area contributed by atoms with Gasteiger partial charge >= 0.3 is 0 Å². The maximum atomic E-state index is 8.81. The number of carbonyl (C=O) groups excluding carboxylic acids is 1. The van der Waals surface area contributed by atoms with Crippen LogP contribution in [0.25, 0.3) is 0 Å². The molecule has 0 spiro atoms. The molecule has 15 heavy (non-hydrogen) atoms. The molecule has 2 nitrogen and oxygen atoms in total. The van der Waals surface area contributed by atoms with Crippen molar-refractivity contribution >= 4 is 6.29 Å². The summed E-state index contributed by atoms with van der Waals surface area (Å²) in [4.78, 5) is 11.2. The summed E-state index contributed by atoms with van der Waals surface area (Å²) in [5.41, 5.74) is 0. The lowest BCUT2D eigenvalue weighted by Gasteiger charge is -2.21.